The molecule has 1 atom stereocenters. The van der Waals surface area contributed by atoms with Gasteiger partial charge in [-0.2, -0.15) is 0 Å². The fourth-order valence-corrected chi connectivity index (χ4v) is 3.75. The van der Waals surface area contributed by atoms with E-state index in [2.05, 4.69) is 32.5 Å². The zero-order chi connectivity index (χ0) is 19.2. The summed E-state index contributed by atoms with van der Waals surface area (Å²) in [4.78, 5) is 21.0. The number of halogens is 1. The molecule has 0 bridgehead atoms. The first-order valence-electron chi connectivity index (χ1n) is 9.94. The molecular formula is C19H38IN5O2. The van der Waals surface area contributed by atoms with Gasteiger partial charge >= 0.3 is 6.09 Å². The highest BCUT2D eigenvalue weighted by Crippen LogP contribution is 2.21. The van der Waals surface area contributed by atoms with Crippen LogP contribution in [0.25, 0.3) is 0 Å². The minimum atomic E-state index is -0.467. The maximum absolute atomic E-state index is 11.9. The van der Waals surface area contributed by atoms with Gasteiger partial charge in [-0.1, -0.05) is 12.8 Å². The maximum Gasteiger partial charge on any atom is 0.407 e. The monoisotopic (exact) mass is 495 g/mol. The van der Waals surface area contributed by atoms with Crippen LogP contribution in [0.15, 0.2) is 4.99 Å². The predicted molar refractivity (Wildman–Crippen MR) is 121 cm³/mol. The molecule has 7 nitrogen and oxygen atoms in total. The molecule has 1 amide bonds. The van der Waals surface area contributed by atoms with Crippen molar-refractivity contribution in [2.45, 2.75) is 70.6 Å². The number of carbonyl (C=O) groups is 1. The van der Waals surface area contributed by atoms with Gasteiger partial charge in [0.05, 0.1) is 6.04 Å². The van der Waals surface area contributed by atoms with Crippen LogP contribution in [0.1, 0.15) is 52.9 Å². The van der Waals surface area contributed by atoms with Gasteiger partial charge in [0.25, 0.3) is 0 Å². The van der Waals surface area contributed by atoms with Crippen molar-refractivity contribution in [1.29, 1.82) is 0 Å². The number of likely N-dealkylation sites (N-methyl/N-ethyl adjacent to an activating group) is 1. The molecule has 2 rings (SSSR count). The molecule has 1 heterocycles. The fourth-order valence-electron chi connectivity index (χ4n) is 3.75. The van der Waals surface area contributed by atoms with Crippen molar-refractivity contribution in [3.63, 3.8) is 0 Å². The number of aliphatic imine (C=N–C) groups is 1. The molecule has 0 aromatic rings. The van der Waals surface area contributed by atoms with Crippen molar-refractivity contribution in [3.8, 4) is 0 Å². The quantitative estimate of drug-likeness (QED) is 0.349. The van der Waals surface area contributed by atoms with E-state index >= 15 is 0 Å². The van der Waals surface area contributed by atoms with Gasteiger partial charge in [0.1, 0.15) is 5.60 Å². The maximum atomic E-state index is 11.9. The summed E-state index contributed by atoms with van der Waals surface area (Å²) < 4.78 is 5.34. The highest BCUT2D eigenvalue weighted by Gasteiger charge is 2.28. The second-order valence-corrected chi connectivity index (χ2v) is 8.47. The zero-order valence-electron chi connectivity index (χ0n) is 17.6. The Morgan fingerprint density at radius 3 is 2.52 bits per heavy atom. The Kier molecular flexibility index (Phi) is 10.1. The Bertz CT molecular complexity index is 489. The van der Waals surface area contributed by atoms with Crippen LogP contribution < -0.4 is 10.6 Å². The molecule has 0 aromatic carbocycles. The first kappa shape index (κ1) is 24.3. The van der Waals surface area contributed by atoms with E-state index in [1.165, 1.54) is 25.7 Å². The van der Waals surface area contributed by atoms with E-state index in [-0.39, 0.29) is 36.1 Å². The van der Waals surface area contributed by atoms with Crippen LogP contribution in [-0.2, 0) is 4.74 Å². The molecule has 1 aliphatic carbocycles. The van der Waals surface area contributed by atoms with Crippen molar-refractivity contribution in [3.05, 3.63) is 0 Å². The standard InChI is InChI=1S/C19H37N5O2.HI/c1-19(2,3)26-18(25)22-15-10-12-24(14-15)17(20-4)21-11-13-23(5)16-8-6-7-9-16;/h15-16H,6-14H2,1-5H3,(H,20,21)(H,22,25);1H. The highest BCUT2D eigenvalue weighted by molar-refractivity contribution is 14.0. The van der Waals surface area contributed by atoms with Gasteiger partial charge in [0.15, 0.2) is 5.96 Å². The van der Waals surface area contributed by atoms with Crippen LogP contribution in [0.4, 0.5) is 4.79 Å². The Hall–Kier alpha value is -0.770. The van der Waals surface area contributed by atoms with Crippen LogP contribution in [0.5, 0.6) is 0 Å². The third kappa shape index (κ3) is 8.41. The smallest absolute Gasteiger partial charge is 0.407 e. The van der Waals surface area contributed by atoms with Gasteiger partial charge in [-0.3, -0.25) is 4.99 Å². The number of amides is 1. The van der Waals surface area contributed by atoms with Crippen molar-refractivity contribution in [2.75, 3.05) is 40.3 Å². The number of rotatable bonds is 5. The minimum absolute atomic E-state index is 0. The second-order valence-electron chi connectivity index (χ2n) is 8.47. The molecule has 0 aromatic heterocycles. The zero-order valence-corrected chi connectivity index (χ0v) is 19.9. The van der Waals surface area contributed by atoms with E-state index in [0.29, 0.717) is 0 Å². The first-order chi connectivity index (χ1) is 12.3. The summed E-state index contributed by atoms with van der Waals surface area (Å²) in [5, 5.41) is 6.43. The van der Waals surface area contributed by atoms with E-state index in [9.17, 15) is 4.79 Å². The molecule has 27 heavy (non-hydrogen) atoms. The number of hydrogen-bond donors (Lipinski definition) is 2. The van der Waals surface area contributed by atoms with Crippen LogP contribution in [-0.4, -0.2) is 79.8 Å². The van der Waals surface area contributed by atoms with Crippen LogP contribution in [0, 0.1) is 0 Å². The lowest BCUT2D eigenvalue weighted by molar-refractivity contribution is 0.0507. The molecule has 2 fully saturated rings. The predicted octanol–water partition coefficient (Wildman–Crippen LogP) is 2.65. The number of guanidine groups is 1. The number of nitrogens with one attached hydrogen (secondary N) is 2. The molecule has 1 saturated carbocycles. The fraction of sp³-hybridized carbons (Fsp3) is 0.895. The molecule has 1 unspecified atom stereocenters. The SMILES string of the molecule is CN=C(NCCN(C)C1CCCC1)N1CCC(NC(=O)OC(C)(C)C)C1.I. The molecule has 1 saturated heterocycles. The molecule has 0 spiro atoms. The lowest BCUT2D eigenvalue weighted by Gasteiger charge is -2.26. The van der Waals surface area contributed by atoms with Crippen molar-refractivity contribution < 1.29 is 9.53 Å². The van der Waals surface area contributed by atoms with Gasteiger partial charge in [-0.15, -0.1) is 24.0 Å². The Morgan fingerprint density at radius 2 is 1.93 bits per heavy atom. The number of carbonyl (C=O) groups excluding carboxylic acids is 1. The van der Waals surface area contributed by atoms with Gasteiger partial charge in [-0.05, 0) is 47.1 Å². The molecule has 2 aliphatic rings. The van der Waals surface area contributed by atoms with Gasteiger partial charge in [-0.25, -0.2) is 4.79 Å². The minimum Gasteiger partial charge on any atom is -0.444 e. The first-order valence-corrected chi connectivity index (χ1v) is 9.94. The number of ether oxygens (including phenoxy) is 1. The summed E-state index contributed by atoms with van der Waals surface area (Å²) in [6.45, 7) is 9.19. The molecule has 158 valence electrons. The van der Waals surface area contributed by atoms with E-state index < -0.39 is 5.60 Å². The summed E-state index contributed by atoms with van der Waals surface area (Å²) >= 11 is 0. The van der Waals surface area contributed by atoms with Gasteiger partial charge < -0.3 is 25.2 Å². The summed E-state index contributed by atoms with van der Waals surface area (Å²) in [6, 6.07) is 0.845. The Balaban J connectivity index is 0.00000364. The lowest BCUT2D eigenvalue weighted by atomic mass is 10.2. The number of likely N-dealkylation sites (tertiary alicyclic amines) is 1. The molecule has 2 N–H and O–H groups in total. The normalized spacial score (nSPS) is 21.3. The molecule has 0 radical (unpaired) electrons. The van der Waals surface area contributed by atoms with E-state index in [1.54, 1.807) is 0 Å². The summed E-state index contributed by atoms with van der Waals surface area (Å²) in [5.41, 5.74) is -0.467. The average Bonchev–Trinajstić information content (AvgIpc) is 3.21. The molecule has 8 heteroatoms. The van der Waals surface area contributed by atoms with Crippen molar-refractivity contribution in [1.82, 2.24) is 20.4 Å². The van der Waals surface area contributed by atoms with Gasteiger partial charge in [0, 0.05) is 39.3 Å². The lowest BCUT2D eigenvalue weighted by Crippen LogP contribution is -2.46. The van der Waals surface area contributed by atoms with Crippen molar-refractivity contribution >= 4 is 36.0 Å². The van der Waals surface area contributed by atoms with Crippen LogP contribution in [0.2, 0.25) is 0 Å². The van der Waals surface area contributed by atoms with E-state index in [4.69, 9.17) is 4.74 Å². The van der Waals surface area contributed by atoms with Crippen LogP contribution in [0.3, 0.4) is 0 Å². The van der Waals surface area contributed by atoms with E-state index in [1.807, 2.05) is 27.8 Å². The Labute approximate surface area is 181 Å². The summed E-state index contributed by atoms with van der Waals surface area (Å²) in [7, 11) is 4.04. The molecular weight excluding hydrogens is 457 g/mol. The second kappa shape index (κ2) is 11.3. The van der Waals surface area contributed by atoms with Crippen molar-refractivity contribution in [2.24, 2.45) is 4.99 Å². The number of alkyl carbamates (subject to hydrolysis) is 1. The highest BCUT2D eigenvalue weighted by atomic mass is 127. The number of hydrogen-bond acceptors (Lipinski definition) is 4. The summed E-state index contributed by atoms with van der Waals surface area (Å²) in [5.74, 6) is 0.915. The third-order valence-corrected chi connectivity index (χ3v) is 5.12. The average molecular weight is 495 g/mol. The van der Waals surface area contributed by atoms with Gasteiger partial charge in [0.2, 0.25) is 0 Å². The Morgan fingerprint density at radius 1 is 1.26 bits per heavy atom. The largest absolute Gasteiger partial charge is 0.444 e. The number of nitrogens with zero attached hydrogens (tertiary/aromatic N) is 3. The van der Waals surface area contributed by atoms with E-state index in [0.717, 1.165) is 44.6 Å². The third-order valence-electron chi connectivity index (χ3n) is 5.12. The summed E-state index contributed by atoms with van der Waals surface area (Å²) in [6.07, 6.45) is 5.95. The topological polar surface area (TPSA) is 69.2 Å². The van der Waals surface area contributed by atoms with Crippen LogP contribution >= 0.6 is 24.0 Å². The molecule has 1 aliphatic heterocycles.